The van der Waals surface area contributed by atoms with Crippen LogP contribution in [0.4, 0.5) is 5.82 Å². The number of anilines is 1. The number of hydrogen-bond acceptors (Lipinski definition) is 3. The first kappa shape index (κ1) is 9.44. The van der Waals surface area contributed by atoms with Crippen molar-refractivity contribution in [3.63, 3.8) is 0 Å². The minimum atomic E-state index is 0.657. The van der Waals surface area contributed by atoms with Crippen molar-refractivity contribution < 1.29 is 0 Å². The van der Waals surface area contributed by atoms with E-state index in [1.54, 1.807) is 6.33 Å². The molecular weight excluding hydrogens is 174 g/mol. The van der Waals surface area contributed by atoms with Gasteiger partial charge >= 0.3 is 0 Å². The number of hydrogen-bond donors (Lipinski definition) is 1. The fourth-order valence-electron chi connectivity index (χ4n) is 1.84. The van der Waals surface area contributed by atoms with E-state index in [9.17, 15) is 0 Å². The number of nitrogens with zero attached hydrogens (tertiary/aromatic N) is 2. The summed E-state index contributed by atoms with van der Waals surface area (Å²) >= 11 is 0. The largest absolute Gasteiger partial charge is 0.367 e. The van der Waals surface area contributed by atoms with Gasteiger partial charge in [0.25, 0.3) is 0 Å². The van der Waals surface area contributed by atoms with Crippen LogP contribution in [0.5, 0.6) is 0 Å². The Kier molecular flexibility index (Phi) is 2.66. The first-order chi connectivity index (χ1) is 6.79. The fourth-order valence-corrected chi connectivity index (χ4v) is 1.84. The maximum absolute atomic E-state index is 4.19. The van der Waals surface area contributed by atoms with Gasteiger partial charge < -0.3 is 5.32 Å². The predicted octanol–water partition coefficient (Wildman–Crippen LogP) is 2.39. The first-order valence-electron chi connectivity index (χ1n) is 5.34. The molecule has 1 aliphatic carbocycles. The molecule has 0 aromatic carbocycles. The number of aromatic nitrogens is 2. The van der Waals surface area contributed by atoms with E-state index < -0.39 is 0 Å². The van der Waals surface area contributed by atoms with Gasteiger partial charge in [-0.2, -0.15) is 0 Å². The first-order valence-corrected chi connectivity index (χ1v) is 5.34. The minimum Gasteiger partial charge on any atom is -0.367 e. The molecule has 0 amide bonds. The summed E-state index contributed by atoms with van der Waals surface area (Å²) in [6.07, 6.45) is 5.54. The van der Waals surface area contributed by atoms with Gasteiger partial charge in [0.05, 0.1) is 0 Å². The second-order valence-corrected chi connectivity index (χ2v) is 4.08. The second kappa shape index (κ2) is 3.95. The Morgan fingerprint density at radius 1 is 1.50 bits per heavy atom. The van der Waals surface area contributed by atoms with E-state index in [0.717, 1.165) is 17.4 Å². The van der Waals surface area contributed by atoms with Crippen LogP contribution in [0.15, 0.2) is 12.4 Å². The molecule has 1 aromatic rings. The van der Waals surface area contributed by atoms with E-state index in [-0.39, 0.29) is 0 Å². The van der Waals surface area contributed by atoms with Gasteiger partial charge in [-0.3, -0.25) is 0 Å². The van der Waals surface area contributed by atoms with Crippen LogP contribution in [-0.2, 0) is 0 Å². The van der Waals surface area contributed by atoms with E-state index in [1.807, 2.05) is 13.0 Å². The molecule has 0 radical (unpaired) electrons. The fraction of sp³-hybridized carbons (Fsp3) is 0.636. The Hall–Kier alpha value is -1.12. The molecule has 3 heteroatoms. The Morgan fingerprint density at radius 3 is 3.07 bits per heavy atom. The van der Waals surface area contributed by atoms with Crippen molar-refractivity contribution in [1.82, 2.24) is 9.97 Å². The SMILES string of the molecule is CCCC1CC1Nc1cc(C)ncn1. The van der Waals surface area contributed by atoms with Crippen molar-refractivity contribution in [1.29, 1.82) is 0 Å². The van der Waals surface area contributed by atoms with Crippen LogP contribution in [0, 0.1) is 12.8 Å². The Bertz CT molecular complexity index is 311. The quantitative estimate of drug-likeness (QED) is 0.794. The molecule has 2 rings (SSSR count). The topological polar surface area (TPSA) is 37.8 Å². The highest BCUT2D eigenvalue weighted by Gasteiger charge is 2.35. The lowest BCUT2D eigenvalue weighted by molar-refractivity contribution is 0.692. The summed E-state index contributed by atoms with van der Waals surface area (Å²) in [5.41, 5.74) is 1.02. The van der Waals surface area contributed by atoms with Crippen molar-refractivity contribution in [3.05, 3.63) is 18.1 Å². The van der Waals surface area contributed by atoms with E-state index in [4.69, 9.17) is 0 Å². The summed E-state index contributed by atoms with van der Waals surface area (Å²) in [7, 11) is 0. The van der Waals surface area contributed by atoms with Crippen molar-refractivity contribution in [2.75, 3.05) is 5.32 Å². The average molecular weight is 191 g/mol. The summed E-state index contributed by atoms with van der Waals surface area (Å²) < 4.78 is 0. The lowest BCUT2D eigenvalue weighted by atomic mass is 10.2. The minimum absolute atomic E-state index is 0.657. The molecule has 3 nitrogen and oxygen atoms in total. The van der Waals surface area contributed by atoms with E-state index in [1.165, 1.54) is 19.3 Å². The second-order valence-electron chi connectivity index (χ2n) is 4.08. The maximum atomic E-state index is 4.19. The van der Waals surface area contributed by atoms with Gasteiger partial charge in [-0.25, -0.2) is 9.97 Å². The molecule has 1 aliphatic rings. The van der Waals surface area contributed by atoms with Crippen LogP contribution < -0.4 is 5.32 Å². The molecule has 1 aromatic heterocycles. The summed E-state index contributed by atoms with van der Waals surface area (Å²) in [5.74, 6) is 1.84. The molecule has 1 saturated carbocycles. The Labute approximate surface area is 85.0 Å². The molecule has 76 valence electrons. The maximum Gasteiger partial charge on any atom is 0.129 e. The highest BCUT2D eigenvalue weighted by atomic mass is 15.1. The zero-order chi connectivity index (χ0) is 9.97. The molecule has 14 heavy (non-hydrogen) atoms. The van der Waals surface area contributed by atoms with Gasteiger partial charge in [-0.1, -0.05) is 13.3 Å². The van der Waals surface area contributed by atoms with Crippen LogP contribution in [0.1, 0.15) is 31.9 Å². The van der Waals surface area contributed by atoms with Gasteiger partial charge in [0.1, 0.15) is 12.1 Å². The zero-order valence-corrected chi connectivity index (χ0v) is 8.83. The molecule has 2 atom stereocenters. The molecule has 0 spiro atoms. The van der Waals surface area contributed by atoms with Crippen LogP contribution in [0.25, 0.3) is 0 Å². The normalized spacial score (nSPS) is 24.7. The highest BCUT2D eigenvalue weighted by Crippen LogP contribution is 2.36. The molecule has 1 fully saturated rings. The smallest absolute Gasteiger partial charge is 0.129 e. The van der Waals surface area contributed by atoms with Crippen LogP contribution >= 0.6 is 0 Å². The molecule has 0 aliphatic heterocycles. The van der Waals surface area contributed by atoms with Gasteiger partial charge in [0.2, 0.25) is 0 Å². The van der Waals surface area contributed by atoms with Crippen LogP contribution in [0.3, 0.4) is 0 Å². The van der Waals surface area contributed by atoms with Crippen LogP contribution in [-0.4, -0.2) is 16.0 Å². The Balaban J connectivity index is 1.87. The van der Waals surface area contributed by atoms with E-state index in [2.05, 4.69) is 22.2 Å². The van der Waals surface area contributed by atoms with Gasteiger partial charge in [-0.05, 0) is 25.7 Å². The monoisotopic (exact) mass is 191 g/mol. The third-order valence-electron chi connectivity index (χ3n) is 2.72. The van der Waals surface area contributed by atoms with Gasteiger partial charge in [0, 0.05) is 17.8 Å². The number of aryl methyl sites for hydroxylation is 1. The summed E-state index contributed by atoms with van der Waals surface area (Å²) in [6.45, 7) is 4.23. The van der Waals surface area contributed by atoms with Gasteiger partial charge in [-0.15, -0.1) is 0 Å². The highest BCUT2D eigenvalue weighted by molar-refractivity contribution is 5.37. The Morgan fingerprint density at radius 2 is 2.36 bits per heavy atom. The molecule has 1 heterocycles. The molecular formula is C11H17N3. The van der Waals surface area contributed by atoms with Crippen molar-refractivity contribution in [3.8, 4) is 0 Å². The molecule has 1 N–H and O–H groups in total. The lowest BCUT2D eigenvalue weighted by Crippen LogP contribution is -2.06. The van der Waals surface area contributed by atoms with Crippen LogP contribution in [0.2, 0.25) is 0 Å². The number of rotatable bonds is 4. The number of nitrogens with one attached hydrogen (secondary N) is 1. The summed E-state index contributed by atoms with van der Waals surface area (Å²) in [6, 6.07) is 2.66. The van der Waals surface area contributed by atoms with E-state index >= 15 is 0 Å². The predicted molar refractivity (Wildman–Crippen MR) is 57.2 cm³/mol. The van der Waals surface area contributed by atoms with Gasteiger partial charge in [0.15, 0.2) is 0 Å². The third-order valence-corrected chi connectivity index (χ3v) is 2.72. The molecule has 0 bridgehead atoms. The summed E-state index contributed by atoms with van der Waals surface area (Å²) in [4.78, 5) is 8.26. The summed E-state index contributed by atoms with van der Waals surface area (Å²) in [5, 5.41) is 3.44. The van der Waals surface area contributed by atoms with Crippen molar-refractivity contribution in [2.24, 2.45) is 5.92 Å². The lowest BCUT2D eigenvalue weighted by Gasteiger charge is -2.04. The standard InChI is InChI=1S/C11H17N3/c1-3-4-9-6-10(9)14-11-5-8(2)12-7-13-11/h5,7,9-10H,3-4,6H2,1-2H3,(H,12,13,14). The molecule has 0 saturated heterocycles. The molecule has 2 unspecified atom stereocenters. The average Bonchev–Trinajstić information content (AvgIpc) is 2.84. The zero-order valence-electron chi connectivity index (χ0n) is 8.83. The third kappa shape index (κ3) is 2.22. The van der Waals surface area contributed by atoms with Crippen molar-refractivity contribution >= 4 is 5.82 Å². The van der Waals surface area contributed by atoms with Crippen molar-refractivity contribution in [2.45, 2.75) is 39.2 Å². The van der Waals surface area contributed by atoms with E-state index in [0.29, 0.717) is 6.04 Å².